The average molecular weight is 277 g/mol. The first-order valence-corrected chi connectivity index (χ1v) is 5.83. The highest BCUT2D eigenvalue weighted by molar-refractivity contribution is 7.16. The molecule has 0 aliphatic carbocycles. The minimum absolute atomic E-state index is 0.00295. The predicted octanol–water partition coefficient (Wildman–Crippen LogP) is 1.21. The molecule has 9 heteroatoms. The molecule has 96 valence electrons. The van der Waals surface area contributed by atoms with Crippen molar-refractivity contribution in [1.82, 2.24) is 15.4 Å². The third-order valence-electron chi connectivity index (χ3n) is 1.92. The van der Waals surface area contributed by atoms with Crippen LogP contribution in [0.15, 0.2) is 35.7 Å². The molecule has 19 heavy (non-hydrogen) atoms. The Kier molecular flexibility index (Phi) is 3.88. The van der Waals surface area contributed by atoms with Gasteiger partial charge in [0, 0.05) is 18.5 Å². The van der Waals surface area contributed by atoms with Crippen molar-refractivity contribution in [3.63, 3.8) is 0 Å². The predicted molar refractivity (Wildman–Crippen MR) is 68.1 cm³/mol. The smallest absolute Gasteiger partial charge is 0.264 e. The number of aromatic nitrogens is 2. The molecule has 0 spiro atoms. The van der Waals surface area contributed by atoms with Gasteiger partial charge in [0.1, 0.15) is 0 Å². The van der Waals surface area contributed by atoms with Gasteiger partial charge in [-0.25, -0.2) is 15.4 Å². The fourth-order valence-electron chi connectivity index (χ4n) is 1.13. The highest BCUT2D eigenvalue weighted by Gasteiger charge is 2.09. The topological polar surface area (TPSA) is 110 Å². The van der Waals surface area contributed by atoms with Gasteiger partial charge >= 0.3 is 10.9 Å². The van der Waals surface area contributed by atoms with Crippen LogP contribution in [0.5, 0.6) is 0 Å². The van der Waals surface area contributed by atoms with Gasteiger partial charge in [-0.05, 0) is 12.1 Å². The third kappa shape index (κ3) is 3.39. The Morgan fingerprint density at radius 3 is 2.79 bits per heavy atom. The molecule has 2 aromatic rings. The van der Waals surface area contributed by atoms with Crippen molar-refractivity contribution in [3.8, 4) is 0 Å². The van der Waals surface area contributed by atoms with E-state index in [1.54, 1.807) is 6.07 Å². The molecule has 0 aliphatic rings. The molecule has 0 radical (unpaired) electrons. The number of carbonyl (C=O) groups excluding carboxylic acids is 1. The Morgan fingerprint density at radius 2 is 2.16 bits per heavy atom. The van der Waals surface area contributed by atoms with Crippen molar-refractivity contribution < 1.29 is 9.72 Å². The van der Waals surface area contributed by atoms with Crippen LogP contribution in [-0.4, -0.2) is 27.0 Å². The summed E-state index contributed by atoms with van der Waals surface area (Å²) in [4.78, 5) is 29.5. The second kappa shape index (κ2) is 5.78. The van der Waals surface area contributed by atoms with E-state index in [2.05, 4.69) is 20.5 Å². The number of hydrogen-bond donors (Lipinski definition) is 1. The summed E-state index contributed by atoms with van der Waals surface area (Å²) in [6, 6.07) is 4.50. The largest absolute Gasteiger partial charge is 0.324 e. The molecule has 2 heterocycles. The van der Waals surface area contributed by atoms with Crippen LogP contribution in [0.25, 0.3) is 0 Å². The molecule has 0 atom stereocenters. The van der Waals surface area contributed by atoms with Gasteiger partial charge in [-0.15, -0.1) is 0 Å². The van der Waals surface area contributed by atoms with E-state index in [4.69, 9.17) is 0 Å². The zero-order valence-electron chi connectivity index (χ0n) is 9.39. The monoisotopic (exact) mass is 277 g/mol. The average Bonchev–Trinajstić information content (AvgIpc) is 2.89. The summed E-state index contributed by atoms with van der Waals surface area (Å²) in [5.41, 5.74) is 2.23. The molecular formula is C10H7N5O3S. The number of thiophene rings is 1. The Morgan fingerprint density at radius 1 is 1.42 bits per heavy atom. The molecule has 0 bridgehead atoms. The highest BCUT2D eigenvalue weighted by atomic mass is 32.1. The van der Waals surface area contributed by atoms with Crippen molar-refractivity contribution in [1.29, 1.82) is 0 Å². The van der Waals surface area contributed by atoms with Crippen LogP contribution in [0.1, 0.15) is 15.5 Å². The normalized spacial score (nSPS) is 10.5. The number of amides is 1. The second-order valence-corrected chi connectivity index (χ2v) is 4.30. The lowest BCUT2D eigenvalue weighted by atomic mass is 10.5. The molecule has 0 saturated heterocycles. The zero-order chi connectivity index (χ0) is 13.7. The van der Waals surface area contributed by atoms with Crippen molar-refractivity contribution in [3.05, 3.63) is 51.4 Å². The first-order valence-electron chi connectivity index (χ1n) is 5.01. The quantitative estimate of drug-likeness (QED) is 0.513. The number of nitrogens with zero attached hydrogens (tertiary/aromatic N) is 4. The van der Waals surface area contributed by atoms with Crippen LogP contribution in [0.2, 0.25) is 0 Å². The van der Waals surface area contributed by atoms with Crippen LogP contribution in [0.3, 0.4) is 0 Å². The standard InChI is InChI=1S/C10H7N5O3S/c16-10(9-11-4-1-5-12-9)14-13-6-7-2-3-8(19-7)15(17)18/h1-6H,(H,14,16)/b13-6+. The highest BCUT2D eigenvalue weighted by Crippen LogP contribution is 2.22. The van der Waals surface area contributed by atoms with Gasteiger partial charge < -0.3 is 0 Å². The summed E-state index contributed by atoms with van der Waals surface area (Å²) in [6.07, 6.45) is 4.20. The van der Waals surface area contributed by atoms with Gasteiger partial charge in [-0.2, -0.15) is 5.10 Å². The summed E-state index contributed by atoms with van der Waals surface area (Å²) in [6.45, 7) is 0. The van der Waals surface area contributed by atoms with Gasteiger partial charge in [0.15, 0.2) is 0 Å². The lowest BCUT2D eigenvalue weighted by Crippen LogP contribution is -2.20. The summed E-state index contributed by atoms with van der Waals surface area (Å²) in [5.74, 6) is -0.556. The Balaban J connectivity index is 1.96. The number of rotatable bonds is 4. The van der Waals surface area contributed by atoms with Gasteiger partial charge in [-0.3, -0.25) is 14.9 Å². The van der Waals surface area contributed by atoms with Crippen molar-refractivity contribution in [2.24, 2.45) is 5.10 Å². The SMILES string of the molecule is O=C(N/N=C/c1ccc([N+](=O)[O-])s1)c1ncccn1. The summed E-state index contributed by atoms with van der Waals surface area (Å²) in [7, 11) is 0. The molecule has 0 saturated carbocycles. The van der Waals surface area contributed by atoms with E-state index in [-0.39, 0.29) is 10.8 Å². The van der Waals surface area contributed by atoms with Gasteiger partial charge in [-0.1, -0.05) is 11.3 Å². The fourth-order valence-corrected chi connectivity index (χ4v) is 1.82. The molecule has 8 nitrogen and oxygen atoms in total. The third-order valence-corrected chi connectivity index (χ3v) is 2.89. The molecule has 2 rings (SSSR count). The van der Waals surface area contributed by atoms with E-state index in [9.17, 15) is 14.9 Å². The lowest BCUT2D eigenvalue weighted by molar-refractivity contribution is -0.380. The fraction of sp³-hybridized carbons (Fsp3) is 0. The molecule has 0 unspecified atom stereocenters. The Bertz CT molecular complexity index is 625. The number of hydrogen-bond acceptors (Lipinski definition) is 7. The summed E-state index contributed by atoms with van der Waals surface area (Å²) in [5, 5.41) is 14.2. The summed E-state index contributed by atoms with van der Waals surface area (Å²) >= 11 is 0.958. The van der Waals surface area contributed by atoms with E-state index in [1.807, 2.05) is 0 Å². The molecule has 1 amide bonds. The molecular weight excluding hydrogens is 270 g/mol. The molecule has 2 aromatic heterocycles. The molecule has 0 aromatic carbocycles. The number of nitrogens with one attached hydrogen (secondary N) is 1. The first-order chi connectivity index (χ1) is 9.16. The molecule has 0 aliphatic heterocycles. The maximum atomic E-state index is 11.5. The number of carbonyl (C=O) groups is 1. The van der Waals surface area contributed by atoms with Crippen LogP contribution in [0, 0.1) is 10.1 Å². The van der Waals surface area contributed by atoms with E-state index in [0.29, 0.717) is 4.88 Å². The number of hydrazone groups is 1. The zero-order valence-corrected chi connectivity index (χ0v) is 10.2. The van der Waals surface area contributed by atoms with E-state index < -0.39 is 10.8 Å². The maximum Gasteiger partial charge on any atom is 0.324 e. The Labute approximate surface area is 111 Å². The van der Waals surface area contributed by atoms with Gasteiger partial charge in [0.05, 0.1) is 16.0 Å². The Hall–Kier alpha value is -2.68. The van der Waals surface area contributed by atoms with Crippen molar-refractivity contribution in [2.75, 3.05) is 0 Å². The van der Waals surface area contributed by atoms with Crippen LogP contribution in [-0.2, 0) is 0 Å². The second-order valence-electron chi connectivity index (χ2n) is 3.20. The van der Waals surface area contributed by atoms with E-state index in [1.165, 1.54) is 30.7 Å². The van der Waals surface area contributed by atoms with Gasteiger partial charge in [0.25, 0.3) is 0 Å². The maximum absolute atomic E-state index is 11.5. The van der Waals surface area contributed by atoms with Crippen molar-refractivity contribution in [2.45, 2.75) is 0 Å². The number of nitro groups is 1. The minimum Gasteiger partial charge on any atom is -0.264 e. The van der Waals surface area contributed by atoms with Crippen molar-refractivity contribution >= 4 is 28.5 Å². The van der Waals surface area contributed by atoms with Gasteiger partial charge in [0.2, 0.25) is 5.82 Å². The van der Waals surface area contributed by atoms with E-state index in [0.717, 1.165) is 11.3 Å². The van der Waals surface area contributed by atoms with Crippen LogP contribution < -0.4 is 5.43 Å². The van der Waals surface area contributed by atoms with Crippen LogP contribution >= 0.6 is 11.3 Å². The van der Waals surface area contributed by atoms with Crippen LogP contribution in [0.4, 0.5) is 5.00 Å². The minimum atomic E-state index is -0.553. The molecule has 0 fully saturated rings. The first kappa shape index (κ1) is 12.8. The van der Waals surface area contributed by atoms with E-state index >= 15 is 0 Å². The summed E-state index contributed by atoms with van der Waals surface area (Å²) < 4.78 is 0. The lowest BCUT2D eigenvalue weighted by Gasteiger charge is -1.95. The molecule has 1 N–H and O–H groups in total.